The lowest BCUT2D eigenvalue weighted by atomic mass is 10.0. The van der Waals surface area contributed by atoms with Crippen molar-refractivity contribution in [2.75, 3.05) is 6.54 Å². The van der Waals surface area contributed by atoms with Gasteiger partial charge in [-0.15, -0.1) is 11.3 Å². The first kappa shape index (κ1) is 9.64. The standard InChI is InChI=1S/C8H14N2OS/c1-6(11)2-7(3-9)8-4-10-5-12-8/h4-7,11H,2-3,9H2,1H3. The predicted molar refractivity (Wildman–Crippen MR) is 50.2 cm³/mol. The Morgan fingerprint density at radius 2 is 2.50 bits per heavy atom. The predicted octanol–water partition coefficient (Wildman–Crippen LogP) is 0.956. The van der Waals surface area contributed by atoms with Crippen LogP contribution >= 0.6 is 11.3 Å². The van der Waals surface area contributed by atoms with Gasteiger partial charge in [-0.1, -0.05) is 0 Å². The molecule has 1 rings (SSSR count). The van der Waals surface area contributed by atoms with Crippen LogP contribution in [0.4, 0.5) is 0 Å². The molecule has 68 valence electrons. The summed E-state index contributed by atoms with van der Waals surface area (Å²) >= 11 is 1.60. The third-order valence-corrected chi connectivity index (χ3v) is 2.70. The van der Waals surface area contributed by atoms with Crippen LogP contribution in [0.1, 0.15) is 24.1 Å². The lowest BCUT2D eigenvalue weighted by molar-refractivity contribution is 0.175. The minimum absolute atomic E-state index is 0.262. The lowest BCUT2D eigenvalue weighted by Gasteiger charge is -2.13. The zero-order valence-electron chi connectivity index (χ0n) is 7.10. The molecule has 0 fully saturated rings. The second kappa shape index (κ2) is 4.54. The molecule has 0 saturated heterocycles. The van der Waals surface area contributed by atoms with Gasteiger partial charge >= 0.3 is 0 Å². The van der Waals surface area contributed by atoms with Gasteiger partial charge in [0, 0.05) is 23.5 Å². The van der Waals surface area contributed by atoms with Crippen molar-refractivity contribution in [3.63, 3.8) is 0 Å². The highest BCUT2D eigenvalue weighted by molar-refractivity contribution is 7.09. The van der Waals surface area contributed by atoms with Gasteiger partial charge in [-0.25, -0.2) is 0 Å². The minimum atomic E-state index is -0.291. The first-order valence-electron chi connectivity index (χ1n) is 4.00. The van der Waals surface area contributed by atoms with Crippen molar-refractivity contribution >= 4 is 11.3 Å². The number of nitrogens with two attached hydrogens (primary N) is 1. The molecule has 1 heterocycles. The van der Waals surface area contributed by atoms with Crippen LogP contribution in [0.5, 0.6) is 0 Å². The van der Waals surface area contributed by atoms with Crippen LogP contribution in [0.2, 0.25) is 0 Å². The highest BCUT2D eigenvalue weighted by Gasteiger charge is 2.13. The van der Waals surface area contributed by atoms with Crippen molar-refractivity contribution in [3.8, 4) is 0 Å². The molecule has 0 amide bonds. The van der Waals surface area contributed by atoms with Crippen LogP contribution in [-0.4, -0.2) is 22.7 Å². The summed E-state index contributed by atoms with van der Waals surface area (Å²) in [6.45, 7) is 2.36. The Bertz CT molecular complexity index is 211. The molecule has 0 saturated carbocycles. The maximum atomic E-state index is 9.18. The van der Waals surface area contributed by atoms with Crippen LogP contribution in [0, 0.1) is 0 Å². The van der Waals surface area contributed by atoms with Crippen molar-refractivity contribution in [2.45, 2.75) is 25.4 Å². The number of aliphatic hydroxyl groups is 1. The molecule has 0 bridgehead atoms. The van der Waals surface area contributed by atoms with E-state index in [4.69, 9.17) is 5.73 Å². The maximum absolute atomic E-state index is 9.18. The summed E-state index contributed by atoms with van der Waals surface area (Å²) in [7, 11) is 0. The second-order valence-corrected chi connectivity index (χ2v) is 3.84. The number of nitrogens with zero attached hydrogens (tertiary/aromatic N) is 1. The van der Waals surface area contributed by atoms with Crippen LogP contribution in [-0.2, 0) is 0 Å². The Hall–Kier alpha value is -0.450. The van der Waals surface area contributed by atoms with Crippen LogP contribution in [0.15, 0.2) is 11.7 Å². The number of rotatable bonds is 4. The molecule has 2 unspecified atom stereocenters. The summed E-state index contributed by atoms with van der Waals surface area (Å²) in [6.07, 6.45) is 2.25. The van der Waals surface area contributed by atoms with Crippen molar-refractivity contribution < 1.29 is 5.11 Å². The summed E-state index contributed by atoms with van der Waals surface area (Å²) < 4.78 is 0. The van der Waals surface area contributed by atoms with E-state index in [1.807, 2.05) is 6.20 Å². The number of hydrogen-bond donors (Lipinski definition) is 2. The third-order valence-electron chi connectivity index (χ3n) is 1.76. The quantitative estimate of drug-likeness (QED) is 0.736. The Labute approximate surface area is 76.3 Å². The molecule has 3 N–H and O–H groups in total. The van der Waals surface area contributed by atoms with Gasteiger partial charge in [0.05, 0.1) is 11.6 Å². The van der Waals surface area contributed by atoms with Gasteiger partial charge in [-0.05, 0) is 13.3 Å². The summed E-state index contributed by atoms with van der Waals surface area (Å²) in [5, 5.41) is 9.18. The van der Waals surface area contributed by atoms with Crippen LogP contribution in [0.25, 0.3) is 0 Å². The number of hydrogen-bond acceptors (Lipinski definition) is 4. The number of thiazole rings is 1. The zero-order valence-corrected chi connectivity index (χ0v) is 7.92. The molecule has 0 aliphatic rings. The fourth-order valence-electron chi connectivity index (χ4n) is 1.17. The zero-order chi connectivity index (χ0) is 8.97. The largest absolute Gasteiger partial charge is 0.393 e. The van der Waals surface area contributed by atoms with E-state index in [0.717, 1.165) is 6.42 Å². The van der Waals surface area contributed by atoms with Gasteiger partial charge in [0.15, 0.2) is 0 Å². The molecule has 4 heteroatoms. The Morgan fingerprint density at radius 3 is 2.92 bits per heavy atom. The summed E-state index contributed by atoms with van der Waals surface area (Å²) in [6, 6.07) is 0. The van der Waals surface area contributed by atoms with Gasteiger partial charge in [0.2, 0.25) is 0 Å². The summed E-state index contributed by atoms with van der Waals surface area (Å²) in [5.41, 5.74) is 7.37. The number of aromatic nitrogens is 1. The summed E-state index contributed by atoms with van der Waals surface area (Å²) in [4.78, 5) is 5.14. The monoisotopic (exact) mass is 186 g/mol. The lowest BCUT2D eigenvalue weighted by Crippen LogP contribution is -2.16. The molecule has 0 spiro atoms. The van der Waals surface area contributed by atoms with E-state index in [0.29, 0.717) is 6.54 Å². The second-order valence-electron chi connectivity index (χ2n) is 2.92. The van der Waals surface area contributed by atoms with Crippen molar-refractivity contribution in [3.05, 3.63) is 16.6 Å². The molecule has 3 nitrogen and oxygen atoms in total. The van der Waals surface area contributed by atoms with E-state index in [1.54, 1.807) is 23.8 Å². The highest BCUT2D eigenvalue weighted by Crippen LogP contribution is 2.23. The van der Waals surface area contributed by atoms with Gasteiger partial charge in [0.1, 0.15) is 0 Å². The van der Waals surface area contributed by atoms with Crippen molar-refractivity contribution in [1.29, 1.82) is 0 Å². The van der Waals surface area contributed by atoms with E-state index >= 15 is 0 Å². The van der Waals surface area contributed by atoms with Gasteiger partial charge in [-0.2, -0.15) is 0 Å². The molecular formula is C8H14N2OS. The normalized spacial score (nSPS) is 15.9. The Morgan fingerprint density at radius 1 is 1.75 bits per heavy atom. The molecule has 1 aromatic rings. The topological polar surface area (TPSA) is 59.1 Å². The first-order valence-corrected chi connectivity index (χ1v) is 4.88. The van der Waals surface area contributed by atoms with Crippen LogP contribution < -0.4 is 5.73 Å². The molecule has 0 radical (unpaired) electrons. The summed E-state index contributed by atoms with van der Waals surface area (Å²) in [5.74, 6) is 0.262. The molecule has 2 atom stereocenters. The van der Waals surface area contributed by atoms with E-state index in [9.17, 15) is 5.11 Å². The maximum Gasteiger partial charge on any atom is 0.0794 e. The molecule has 0 aliphatic heterocycles. The van der Waals surface area contributed by atoms with Gasteiger partial charge < -0.3 is 10.8 Å². The third kappa shape index (κ3) is 2.55. The van der Waals surface area contributed by atoms with E-state index < -0.39 is 0 Å². The molecule has 12 heavy (non-hydrogen) atoms. The van der Waals surface area contributed by atoms with Crippen LogP contribution in [0.3, 0.4) is 0 Å². The van der Waals surface area contributed by atoms with Crippen molar-refractivity contribution in [2.24, 2.45) is 5.73 Å². The fourth-order valence-corrected chi connectivity index (χ4v) is 1.92. The smallest absolute Gasteiger partial charge is 0.0794 e. The number of aliphatic hydroxyl groups excluding tert-OH is 1. The highest BCUT2D eigenvalue weighted by atomic mass is 32.1. The average molecular weight is 186 g/mol. The minimum Gasteiger partial charge on any atom is -0.393 e. The SMILES string of the molecule is CC(O)CC(CN)c1cncs1. The Balaban J connectivity index is 2.57. The first-order chi connectivity index (χ1) is 5.74. The molecule has 1 aromatic heterocycles. The average Bonchev–Trinajstić information content (AvgIpc) is 2.51. The molecular weight excluding hydrogens is 172 g/mol. The fraction of sp³-hybridized carbons (Fsp3) is 0.625. The van der Waals surface area contributed by atoms with E-state index in [-0.39, 0.29) is 12.0 Å². The Kier molecular flexibility index (Phi) is 3.65. The van der Waals surface area contributed by atoms with Crippen molar-refractivity contribution in [1.82, 2.24) is 4.98 Å². The van der Waals surface area contributed by atoms with Gasteiger partial charge in [-0.3, -0.25) is 4.98 Å². The molecule has 0 aliphatic carbocycles. The van der Waals surface area contributed by atoms with E-state index in [2.05, 4.69) is 4.98 Å². The van der Waals surface area contributed by atoms with E-state index in [1.165, 1.54) is 4.88 Å². The van der Waals surface area contributed by atoms with Gasteiger partial charge in [0.25, 0.3) is 0 Å². The molecule has 0 aromatic carbocycles.